The molecule has 1 aliphatic rings. The van der Waals surface area contributed by atoms with Gasteiger partial charge in [-0.1, -0.05) is 11.5 Å². The predicted octanol–water partition coefficient (Wildman–Crippen LogP) is -0.980. The zero-order valence-electron chi connectivity index (χ0n) is 10.3. The number of aryl methyl sites for hydroxylation is 2. The molecule has 0 atom stereocenters. The second-order valence-corrected chi connectivity index (χ2v) is 4.13. The van der Waals surface area contributed by atoms with Gasteiger partial charge in [0, 0.05) is 5.56 Å². The van der Waals surface area contributed by atoms with Gasteiger partial charge in [0.15, 0.2) is 0 Å². The molecule has 1 aliphatic carbocycles. The number of halogens is 3. The summed E-state index contributed by atoms with van der Waals surface area (Å²) in [5.74, 6) is -0.922. The maximum absolute atomic E-state index is 12.9. The van der Waals surface area contributed by atoms with Crippen LogP contribution in [0.4, 0.5) is 12.9 Å². The van der Waals surface area contributed by atoms with E-state index in [-0.39, 0.29) is 56.9 Å². The average Bonchev–Trinajstić information content (AvgIpc) is 2.72. The smallest absolute Gasteiger partial charge is 0.465 e. The molecule has 0 aliphatic heterocycles. The first kappa shape index (κ1) is 16.2. The normalized spacial score (nSPS) is 13.8. The fraction of sp³-hybridized carbons (Fsp3) is 0.364. The first-order valence-electron chi connectivity index (χ1n) is 5.37. The minimum absolute atomic E-state index is 0. The van der Waals surface area contributed by atoms with Crippen molar-refractivity contribution < 1.29 is 73.9 Å². The van der Waals surface area contributed by atoms with Crippen LogP contribution in [-0.2, 0) is 17.6 Å². The van der Waals surface area contributed by atoms with Gasteiger partial charge in [0.25, 0.3) is 0 Å². The van der Waals surface area contributed by atoms with Crippen molar-refractivity contribution in [2.45, 2.75) is 19.3 Å². The van der Waals surface area contributed by atoms with Crippen molar-refractivity contribution in [1.29, 1.82) is 0 Å². The van der Waals surface area contributed by atoms with Gasteiger partial charge in [-0.3, -0.25) is 0 Å². The molecule has 0 bridgehead atoms. The van der Waals surface area contributed by atoms with Crippen molar-refractivity contribution in [2.24, 2.45) is 0 Å². The van der Waals surface area contributed by atoms with Crippen LogP contribution < -0.4 is 56.8 Å². The maximum atomic E-state index is 12.9. The van der Waals surface area contributed by atoms with Crippen LogP contribution in [0.1, 0.15) is 27.9 Å². The van der Waals surface area contributed by atoms with Crippen molar-refractivity contribution in [3.05, 3.63) is 28.8 Å². The second kappa shape index (κ2) is 6.09. The molecule has 0 amide bonds. The molecule has 7 heteroatoms. The minimum Gasteiger partial charge on any atom is -0.465 e. The third-order valence-electron chi connectivity index (χ3n) is 3.02. The summed E-state index contributed by atoms with van der Waals surface area (Å²) in [6.45, 7) is -5.19. The Balaban J connectivity index is 0.00000162. The fourth-order valence-corrected chi connectivity index (χ4v) is 2.20. The van der Waals surface area contributed by atoms with E-state index in [1.807, 2.05) is 0 Å². The molecule has 1 aromatic carbocycles. The summed E-state index contributed by atoms with van der Waals surface area (Å²) in [5, 5.41) is 0. The predicted molar refractivity (Wildman–Crippen MR) is 58.5 cm³/mol. The number of ether oxygens (including phenoxy) is 1. The molecule has 0 spiro atoms. The molecule has 0 N–H and O–H groups in total. The van der Waals surface area contributed by atoms with Gasteiger partial charge in [-0.25, -0.2) is 4.79 Å². The zero-order chi connectivity index (χ0) is 12.6. The van der Waals surface area contributed by atoms with Gasteiger partial charge in [0.2, 0.25) is 0 Å². The van der Waals surface area contributed by atoms with E-state index in [0.29, 0.717) is 12.0 Å². The summed E-state index contributed by atoms with van der Waals surface area (Å²) < 4.78 is 43.0. The van der Waals surface area contributed by atoms with E-state index in [1.54, 1.807) is 0 Å². The Morgan fingerprint density at radius 1 is 1.22 bits per heavy atom. The molecule has 18 heavy (non-hydrogen) atoms. The van der Waals surface area contributed by atoms with Gasteiger partial charge in [0.1, 0.15) is 0 Å². The molecular weight excluding hydrogens is 271 g/mol. The molecule has 0 fully saturated rings. The van der Waals surface area contributed by atoms with Crippen molar-refractivity contribution >= 4 is 18.4 Å². The SMILES string of the molecule is COC(=O)c1cc2c(cc1[B-](F)(F)F)CCC2.[K+]. The van der Waals surface area contributed by atoms with Crippen LogP contribution in [0.3, 0.4) is 0 Å². The number of benzene rings is 1. The van der Waals surface area contributed by atoms with E-state index in [4.69, 9.17) is 0 Å². The number of carbonyl (C=O) groups excluding carboxylic acids is 1. The Morgan fingerprint density at radius 2 is 1.78 bits per heavy atom. The Hall–Kier alpha value is 0.181. The summed E-state index contributed by atoms with van der Waals surface area (Å²) in [4.78, 5) is 11.4. The molecule has 0 saturated carbocycles. The quantitative estimate of drug-likeness (QED) is 0.515. The van der Waals surface area contributed by atoms with Crippen molar-refractivity contribution in [1.82, 2.24) is 0 Å². The van der Waals surface area contributed by atoms with Crippen LogP contribution >= 0.6 is 0 Å². The molecule has 0 heterocycles. The standard InChI is InChI=1S/C11H11BF3O2.K/c1-17-11(16)9-5-7-3-2-4-8(7)6-10(9)12(13,14)15;/h5-6H,2-4H2,1H3;/q-1;+1. The topological polar surface area (TPSA) is 26.3 Å². The van der Waals surface area contributed by atoms with Crippen LogP contribution in [0.25, 0.3) is 0 Å². The molecule has 1 aromatic rings. The van der Waals surface area contributed by atoms with E-state index in [1.165, 1.54) is 6.07 Å². The van der Waals surface area contributed by atoms with E-state index in [2.05, 4.69) is 4.74 Å². The molecule has 0 saturated heterocycles. The van der Waals surface area contributed by atoms with Crippen molar-refractivity contribution in [3.8, 4) is 0 Å². The summed E-state index contributed by atoms with van der Waals surface area (Å²) in [7, 11) is 1.09. The van der Waals surface area contributed by atoms with Crippen molar-refractivity contribution in [2.75, 3.05) is 7.11 Å². The minimum atomic E-state index is -5.19. The Bertz CT molecular complexity index is 474. The summed E-state index contributed by atoms with van der Waals surface area (Å²) in [5.41, 5.74) is 0.333. The summed E-state index contributed by atoms with van der Waals surface area (Å²) in [6.07, 6.45) is 2.21. The number of hydrogen-bond donors (Lipinski definition) is 0. The maximum Gasteiger partial charge on any atom is 1.00 e. The number of hydrogen-bond acceptors (Lipinski definition) is 2. The largest absolute Gasteiger partial charge is 1.00 e. The number of esters is 1. The molecular formula is C11H11BF3KO2. The number of methoxy groups -OCH3 is 1. The van der Waals surface area contributed by atoms with Gasteiger partial charge in [-0.05, 0) is 36.5 Å². The van der Waals surface area contributed by atoms with Crippen LogP contribution in [0.15, 0.2) is 12.1 Å². The molecule has 0 radical (unpaired) electrons. The first-order chi connectivity index (χ1) is 7.93. The Morgan fingerprint density at radius 3 is 2.28 bits per heavy atom. The van der Waals surface area contributed by atoms with Gasteiger partial charge in [-0.2, -0.15) is 0 Å². The Kier molecular flexibility index (Phi) is 5.49. The third kappa shape index (κ3) is 3.19. The Labute approximate surface area is 146 Å². The molecule has 2 nitrogen and oxygen atoms in total. The van der Waals surface area contributed by atoms with Crippen LogP contribution in [0, 0.1) is 0 Å². The van der Waals surface area contributed by atoms with Crippen LogP contribution in [0.2, 0.25) is 0 Å². The van der Waals surface area contributed by atoms with Crippen LogP contribution in [0.5, 0.6) is 0 Å². The van der Waals surface area contributed by atoms with Crippen molar-refractivity contribution in [3.63, 3.8) is 0 Å². The number of fused-ring (bicyclic) bond motifs is 1. The van der Waals surface area contributed by atoms with E-state index in [0.717, 1.165) is 31.6 Å². The van der Waals surface area contributed by atoms with Gasteiger partial charge in [0.05, 0.1) is 7.11 Å². The van der Waals surface area contributed by atoms with E-state index in [9.17, 15) is 17.7 Å². The second-order valence-electron chi connectivity index (χ2n) is 4.13. The molecule has 0 aromatic heterocycles. The third-order valence-corrected chi connectivity index (χ3v) is 3.02. The van der Waals surface area contributed by atoms with Gasteiger partial charge < -0.3 is 17.7 Å². The summed E-state index contributed by atoms with van der Waals surface area (Å²) >= 11 is 0. The van der Waals surface area contributed by atoms with E-state index < -0.39 is 18.4 Å². The average molecular weight is 282 g/mol. The zero-order valence-corrected chi connectivity index (χ0v) is 13.4. The first-order valence-corrected chi connectivity index (χ1v) is 5.37. The number of carbonyl (C=O) groups is 1. The molecule has 2 rings (SSSR count). The van der Waals surface area contributed by atoms with E-state index >= 15 is 0 Å². The van der Waals surface area contributed by atoms with Crippen LogP contribution in [-0.4, -0.2) is 20.1 Å². The fourth-order valence-electron chi connectivity index (χ4n) is 2.20. The molecule has 92 valence electrons. The monoisotopic (exact) mass is 282 g/mol. The number of rotatable bonds is 2. The molecule has 0 unspecified atom stereocenters. The summed E-state index contributed by atoms with van der Waals surface area (Å²) in [6, 6.07) is 2.44. The van der Waals surface area contributed by atoms with Gasteiger partial charge in [-0.15, -0.1) is 0 Å². The van der Waals surface area contributed by atoms with Gasteiger partial charge >= 0.3 is 64.3 Å².